The first-order valence-electron chi connectivity index (χ1n) is 3.19. The summed E-state index contributed by atoms with van der Waals surface area (Å²) in [6.07, 6.45) is 3.24. The summed E-state index contributed by atoms with van der Waals surface area (Å²) in [6, 6.07) is 0. The summed E-state index contributed by atoms with van der Waals surface area (Å²) in [4.78, 5) is 11.6. The number of allylic oxidation sites excluding steroid dienone is 3. The fourth-order valence-corrected chi connectivity index (χ4v) is 1.71. The molecule has 1 rings (SSSR count). The third kappa shape index (κ3) is 2.06. The Morgan fingerprint density at radius 1 is 1.67 bits per heavy atom. The fourth-order valence-electron chi connectivity index (χ4n) is 0.648. The molecule has 12 heavy (non-hydrogen) atoms. The molecule has 0 aromatic rings. The van der Waals surface area contributed by atoms with E-state index in [1.165, 1.54) is 11.8 Å². The second-order valence-corrected chi connectivity index (χ2v) is 3.85. The van der Waals surface area contributed by atoms with E-state index in [0.29, 0.717) is 14.8 Å². The quantitative estimate of drug-likeness (QED) is 0.415. The number of carbonyl (C=O) groups is 1. The Kier molecular flexibility index (Phi) is 2.83. The highest BCUT2D eigenvalue weighted by Gasteiger charge is 2.21. The molecule has 1 fully saturated rings. The summed E-state index contributed by atoms with van der Waals surface area (Å²) in [5.74, 6) is -0.159. The zero-order valence-corrected chi connectivity index (χ0v) is 7.93. The van der Waals surface area contributed by atoms with Crippen LogP contribution in [-0.2, 0) is 4.79 Å². The second kappa shape index (κ2) is 3.69. The summed E-state index contributed by atoms with van der Waals surface area (Å²) in [6.45, 7) is 7.19. The number of thiocarbonyl (C=S) groups is 1. The van der Waals surface area contributed by atoms with Gasteiger partial charge in [0.05, 0.1) is 4.91 Å². The van der Waals surface area contributed by atoms with Crippen LogP contribution in [0.5, 0.6) is 0 Å². The molecule has 1 N–H and O–H groups in total. The third-order valence-corrected chi connectivity index (χ3v) is 2.38. The first-order chi connectivity index (χ1) is 5.63. The predicted octanol–water partition coefficient (Wildman–Crippen LogP) is 1.76. The fraction of sp³-hybridized carbons (Fsp3) is 0. The van der Waals surface area contributed by atoms with Crippen LogP contribution in [-0.4, -0.2) is 10.2 Å². The van der Waals surface area contributed by atoms with Crippen molar-refractivity contribution in [2.24, 2.45) is 0 Å². The molecule has 0 atom stereocenters. The van der Waals surface area contributed by atoms with E-state index in [2.05, 4.69) is 18.5 Å². The SMILES string of the molecule is C=CC(=C)C=C1SC(=S)NC1=O. The van der Waals surface area contributed by atoms with E-state index >= 15 is 0 Å². The van der Waals surface area contributed by atoms with E-state index in [9.17, 15) is 4.79 Å². The van der Waals surface area contributed by atoms with Crippen molar-refractivity contribution in [2.75, 3.05) is 0 Å². The van der Waals surface area contributed by atoms with Gasteiger partial charge in [-0.2, -0.15) is 0 Å². The van der Waals surface area contributed by atoms with E-state index in [1.807, 2.05) is 0 Å². The van der Waals surface area contributed by atoms with Gasteiger partial charge in [0.25, 0.3) is 5.91 Å². The summed E-state index contributed by atoms with van der Waals surface area (Å²) in [5.41, 5.74) is 0.706. The highest BCUT2D eigenvalue weighted by molar-refractivity contribution is 8.26. The minimum atomic E-state index is -0.159. The first kappa shape index (κ1) is 9.22. The lowest BCUT2D eigenvalue weighted by atomic mass is 10.3. The first-order valence-corrected chi connectivity index (χ1v) is 4.42. The van der Waals surface area contributed by atoms with Crippen LogP contribution in [0.3, 0.4) is 0 Å². The van der Waals surface area contributed by atoms with Gasteiger partial charge < -0.3 is 5.32 Å². The molecular weight excluding hydrogens is 190 g/mol. The second-order valence-electron chi connectivity index (χ2n) is 2.13. The third-order valence-electron chi connectivity index (χ3n) is 1.22. The van der Waals surface area contributed by atoms with Crippen molar-refractivity contribution in [3.8, 4) is 0 Å². The Bertz CT molecular complexity index is 304. The number of thioether (sulfide) groups is 1. The van der Waals surface area contributed by atoms with Gasteiger partial charge in [-0.05, 0) is 11.6 Å². The lowest BCUT2D eigenvalue weighted by Crippen LogP contribution is -2.17. The van der Waals surface area contributed by atoms with Crippen LogP contribution >= 0.6 is 24.0 Å². The molecule has 2 nitrogen and oxygen atoms in total. The molecule has 0 radical (unpaired) electrons. The normalized spacial score (nSPS) is 19.5. The van der Waals surface area contributed by atoms with Crippen molar-refractivity contribution in [1.82, 2.24) is 5.32 Å². The monoisotopic (exact) mass is 197 g/mol. The van der Waals surface area contributed by atoms with Gasteiger partial charge in [-0.1, -0.05) is 43.2 Å². The van der Waals surface area contributed by atoms with Crippen LogP contribution < -0.4 is 5.32 Å². The molecule has 1 saturated heterocycles. The maximum absolute atomic E-state index is 11.1. The molecule has 0 aromatic carbocycles. The van der Waals surface area contributed by atoms with Crippen LogP contribution in [0.15, 0.2) is 35.8 Å². The topological polar surface area (TPSA) is 29.1 Å². The molecule has 1 aliphatic heterocycles. The number of nitrogens with one attached hydrogen (secondary N) is 1. The number of carbonyl (C=O) groups excluding carboxylic acids is 1. The Labute approximate surface area is 80.4 Å². The summed E-state index contributed by atoms with van der Waals surface area (Å²) < 4.78 is 0.489. The standard InChI is InChI=1S/C8H7NOS2/c1-3-5(2)4-6-7(10)9-8(11)12-6/h3-4H,1-2H2,(H,9,10,11). The van der Waals surface area contributed by atoms with Crippen molar-refractivity contribution >= 4 is 34.2 Å². The van der Waals surface area contributed by atoms with E-state index in [-0.39, 0.29) is 5.91 Å². The van der Waals surface area contributed by atoms with Crippen molar-refractivity contribution in [3.05, 3.63) is 35.8 Å². The van der Waals surface area contributed by atoms with Gasteiger partial charge in [-0.15, -0.1) is 0 Å². The Balaban J connectivity index is 2.83. The lowest BCUT2D eigenvalue weighted by Gasteiger charge is -1.90. The molecule has 62 valence electrons. The van der Waals surface area contributed by atoms with Crippen LogP contribution in [0, 0.1) is 0 Å². The molecule has 1 heterocycles. The molecule has 0 aliphatic carbocycles. The largest absolute Gasteiger partial charge is 0.307 e. The number of hydrogen-bond acceptors (Lipinski definition) is 3. The molecule has 0 spiro atoms. The zero-order valence-electron chi connectivity index (χ0n) is 6.29. The summed E-state index contributed by atoms with van der Waals surface area (Å²) in [5, 5.41) is 2.51. The van der Waals surface area contributed by atoms with E-state index in [0.717, 1.165) is 0 Å². The summed E-state index contributed by atoms with van der Waals surface area (Å²) in [7, 11) is 0. The highest BCUT2D eigenvalue weighted by atomic mass is 32.2. The van der Waals surface area contributed by atoms with Gasteiger partial charge >= 0.3 is 0 Å². The van der Waals surface area contributed by atoms with Gasteiger partial charge in [0, 0.05) is 0 Å². The van der Waals surface area contributed by atoms with E-state index < -0.39 is 0 Å². The molecular formula is C8H7NOS2. The van der Waals surface area contributed by atoms with E-state index in [1.54, 1.807) is 12.2 Å². The molecule has 0 bridgehead atoms. The Morgan fingerprint density at radius 3 is 2.75 bits per heavy atom. The average Bonchev–Trinajstić information content (AvgIpc) is 2.30. The zero-order chi connectivity index (χ0) is 9.14. The smallest absolute Gasteiger partial charge is 0.263 e. The van der Waals surface area contributed by atoms with Gasteiger partial charge in [-0.25, -0.2) is 0 Å². The molecule has 0 unspecified atom stereocenters. The number of hydrogen-bond donors (Lipinski definition) is 1. The van der Waals surface area contributed by atoms with Crippen LogP contribution in [0.1, 0.15) is 0 Å². The Morgan fingerprint density at radius 2 is 2.33 bits per heavy atom. The van der Waals surface area contributed by atoms with Crippen molar-refractivity contribution < 1.29 is 4.79 Å². The molecule has 0 saturated carbocycles. The lowest BCUT2D eigenvalue weighted by molar-refractivity contribution is -0.115. The molecule has 0 aromatic heterocycles. The van der Waals surface area contributed by atoms with Gasteiger partial charge in [0.1, 0.15) is 4.32 Å². The highest BCUT2D eigenvalue weighted by Crippen LogP contribution is 2.24. The number of amides is 1. The van der Waals surface area contributed by atoms with Crippen molar-refractivity contribution in [3.63, 3.8) is 0 Å². The predicted molar refractivity (Wildman–Crippen MR) is 55.8 cm³/mol. The summed E-state index contributed by atoms with van der Waals surface area (Å²) >= 11 is 6.04. The van der Waals surface area contributed by atoms with Crippen molar-refractivity contribution in [2.45, 2.75) is 0 Å². The average molecular weight is 197 g/mol. The van der Waals surface area contributed by atoms with Crippen molar-refractivity contribution in [1.29, 1.82) is 0 Å². The van der Waals surface area contributed by atoms with Crippen LogP contribution in [0.4, 0.5) is 0 Å². The van der Waals surface area contributed by atoms with E-state index in [4.69, 9.17) is 12.2 Å². The maximum atomic E-state index is 11.1. The minimum absolute atomic E-state index is 0.159. The minimum Gasteiger partial charge on any atom is -0.307 e. The molecule has 1 amide bonds. The molecule has 1 aliphatic rings. The van der Waals surface area contributed by atoms with Gasteiger partial charge in [-0.3, -0.25) is 4.79 Å². The van der Waals surface area contributed by atoms with Gasteiger partial charge in [0.2, 0.25) is 0 Å². The Hall–Kier alpha value is -0.870. The van der Waals surface area contributed by atoms with Crippen LogP contribution in [0.2, 0.25) is 0 Å². The number of rotatable bonds is 2. The van der Waals surface area contributed by atoms with Crippen LogP contribution in [0.25, 0.3) is 0 Å². The molecule has 4 heteroatoms. The maximum Gasteiger partial charge on any atom is 0.263 e. The van der Waals surface area contributed by atoms with Gasteiger partial charge in [0.15, 0.2) is 0 Å².